The van der Waals surface area contributed by atoms with Gasteiger partial charge in [0.2, 0.25) is 0 Å². The number of aliphatic hydroxyl groups excluding tert-OH is 1. The highest BCUT2D eigenvalue weighted by atomic mass is 32.2. The zero-order valence-corrected chi connectivity index (χ0v) is 9.45. The number of aromatic nitrogens is 1. The lowest BCUT2D eigenvalue weighted by molar-refractivity contribution is 0.196. The number of pyridine rings is 1. The van der Waals surface area contributed by atoms with Gasteiger partial charge in [-0.15, -0.1) is 0 Å². The Bertz CT molecular complexity index is 387. The van der Waals surface area contributed by atoms with Crippen molar-refractivity contribution in [2.45, 2.75) is 30.2 Å². The molecule has 3 N–H and O–H groups in total. The van der Waals surface area contributed by atoms with Crippen molar-refractivity contribution in [2.75, 3.05) is 5.73 Å². The fourth-order valence-corrected chi connectivity index (χ4v) is 1.83. The lowest BCUT2D eigenvalue weighted by atomic mass is 10.2. The molecule has 1 aromatic rings. The van der Waals surface area contributed by atoms with E-state index in [1.807, 2.05) is 13.0 Å². The fourth-order valence-electron chi connectivity index (χ4n) is 0.920. The van der Waals surface area contributed by atoms with Gasteiger partial charge in [-0.3, -0.25) is 0 Å². The van der Waals surface area contributed by atoms with Crippen molar-refractivity contribution < 1.29 is 5.11 Å². The summed E-state index contributed by atoms with van der Waals surface area (Å²) in [6.07, 6.45) is 1.10. The summed E-state index contributed by atoms with van der Waals surface area (Å²) in [5.74, 6) is 0. The Morgan fingerprint density at radius 1 is 1.60 bits per heavy atom. The highest BCUT2D eigenvalue weighted by Crippen LogP contribution is 2.29. The molecule has 0 aliphatic heterocycles. The molecule has 5 heteroatoms. The topological polar surface area (TPSA) is 82.9 Å². The van der Waals surface area contributed by atoms with Crippen LogP contribution in [0.25, 0.3) is 0 Å². The second kappa shape index (κ2) is 5.01. The molecule has 2 atom stereocenters. The molecule has 4 nitrogen and oxygen atoms in total. The Balaban J connectivity index is 2.92. The molecule has 2 unspecified atom stereocenters. The van der Waals surface area contributed by atoms with Crippen LogP contribution in [0.5, 0.6) is 0 Å². The predicted molar refractivity (Wildman–Crippen MR) is 60.4 cm³/mol. The van der Waals surface area contributed by atoms with Crippen LogP contribution in [0.2, 0.25) is 0 Å². The molecule has 0 fully saturated rings. The third-order valence-electron chi connectivity index (χ3n) is 2.05. The number of hydrogen-bond donors (Lipinski definition) is 2. The van der Waals surface area contributed by atoms with Crippen molar-refractivity contribution in [1.82, 2.24) is 4.98 Å². The maximum absolute atomic E-state index is 9.35. The summed E-state index contributed by atoms with van der Waals surface area (Å²) in [4.78, 5) is 4.08. The van der Waals surface area contributed by atoms with Crippen LogP contribution in [-0.2, 0) is 0 Å². The van der Waals surface area contributed by atoms with Crippen LogP contribution >= 0.6 is 11.8 Å². The van der Waals surface area contributed by atoms with Crippen LogP contribution in [-0.4, -0.2) is 21.4 Å². The van der Waals surface area contributed by atoms with E-state index in [0.717, 1.165) is 0 Å². The fraction of sp³-hybridized carbons (Fsp3) is 0.400. The molecule has 15 heavy (non-hydrogen) atoms. The minimum absolute atomic E-state index is 0.00579. The molecule has 0 bridgehead atoms. The van der Waals surface area contributed by atoms with E-state index in [-0.39, 0.29) is 5.25 Å². The first kappa shape index (κ1) is 11.8. The van der Waals surface area contributed by atoms with Gasteiger partial charge in [0.1, 0.15) is 11.1 Å². The molecular weight excluding hydrogens is 210 g/mol. The predicted octanol–water partition coefficient (Wildman–Crippen LogP) is 1.40. The Hall–Kier alpha value is -1.25. The number of rotatable bonds is 3. The lowest BCUT2D eigenvalue weighted by Crippen LogP contribution is -2.15. The number of thioether (sulfide) groups is 1. The van der Waals surface area contributed by atoms with Gasteiger partial charge >= 0.3 is 0 Å². The minimum atomic E-state index is -0.443. The van der Waals surface area contributed by atoms with Crippen LogP contribution in [0, 0.1) is 11.3 Å². The molecule has 0 aromatic carbocycles. The number of nitrogens with zero attached hydrogens (tertiary/aromatic N) is 2. The van der Waals surface area contributed by atoms with E-state index >= 15 is 0 Å². The molecule has 0 radical (unpaired) electrons. The first-order valence-electron chi connectivity index (χ1n) is 4.55. The molecule has 80 valence electrons. The SMILES string of the molecule is CC(O)C(C)Sc1nccc(C#N)c1N. The Morgan fingerprint density at radius 2 is 2.27 bits per heavy atom. The summed E-state index contributed by atoms with van der Waals surface area (Å²) in [7, 11) is 0. The molecule has 1 heterocycles. The van der Waals surface area contributed by atoms with E-state index in [9.17, 15) is 5.11 Å². The van der Waals surface area contributed by atoms with Gasteiger partial charge in [-0.2, -0.15) is 5.26 Å². The average molecular weight is 223 g/mol. The maximum Gasteiger partial charge on any atom is 0.121 e. The summed E-state index contributed by atoms with van der Waals surface area (Å²) >= 11 is 1.37. The average Bonchev–Trinajstić information content (AvgIpc) is 2.21. The molecule has 0 saturated heterocycles. The molecule has 0 saturated carbocycles. The Labute approximate surface area is 93.1 Å². The largest absolute Gasteiger partial charge is 0.395 e. The van der Waals surface area contributed by atoms with Gasteiger partial charge in [0.05, 0.1) is 17.4 Å². The van der Waals surface area contributed by atoms with Crippen molar-refractivity contribution in [2.24, 2.45) is 0 Å². The number of nitriles is 1. The number of aliphatic hydroxyl groups is 1. The second-order valence-corrected chi connectivity index (χ2v) is 4.62. The van der Waals surface area contributed by atoms with Gasteiger partial charge in [0.25, 0.3) is 0 Å². The number of nitrogens with two attached hydrogens (primary N) is 1. The van der Waals surface area contributed by atoms with Crippen LogP contribution in [0.1, 0.15) is 19.4 Å². The van der Waals surface area contributed by atoms with E-state index in [0.29, 0.717) is 16.3 Å². The van der Waals surface area contributed by atoms with Gasteiger partial charge in [-0.05, 0) is 13.0 Å². The zero-order chi connectivity index (χ0) is 11.4. The molecule has 0 aliphatic carbocycles. The first-order valence-corrected chi connectivity index (χ1v) is 5.43. The highest BCUT2D eigenvalue weighted by Gasteiger charge is 2.14. The quantitative estimate of drug-likeness (QED) is 0.757. The monoisotopic (exact) mass is 223 g/mol. The number of nitrogen functional groups attached to an aromatic ring is 1. The maximum atomic E-state index is 9.35. The van der Waals surface area contributed by atoms with Crippen LogP contribution in [0.3, 0.4) is 0 Å². The molecule has 1 aromatic heterocycles. The van der Waals surface area contributed by atoms with Gasteiger partial charge in [-0.25, -0.2) is 4.98 Å². The zero-order valence-electron chi connectivity index (χ0n) is 8.64. The summed E-state index contributed by atoms with van der Waals surface area (Å²) in [6.45, 7) is 3.59. The third-order valence-corrected chi connectivity index (χ3v) is 3.37. The van der Waals surface area contributed by atoms with E-state index in [1.165, 1.54) is 11.8 Å². The molecule has 0 amide bonds. The minimum Gasteiger partial charge on any atom is -0.395 e. The van der Waals surface area contributed by atoms with Gasteiger partial charge in [0.15, 0.2) is 0 Å². The summed E-state index contributed by atoms with van der Waals surface area (Å²) < 4.78 is 0. The smallest absolute Gasteiger partial charge is 0.121 e. The van der Waals surface area contributed by atoms with Crippen LogP contribution in [0.15, 0.2) is 17.3 Å². The van der Waals surface area contributed by atoms with Crippen molar-refractivity contribution in [3.63, 3.8) is 0 Å². The van der Waals surface area contributed by atoms with Gasteiger partial charge < -0.3 is 10.8 Å². The first-order chi connectivity index (χ1) is 7.06. The Kier molecular flexibility index (Phi) is 3.95. The molecular formula is C10H13N3OS. The van der Waals surface area contributed by atoms with Crippen molar-refractivity contribution in [1.29, 1.82) is 5.26 Å². The Morgan fingerprint density at radius 3 is 2.80 bits per heavy atom. The second-order valence-electron chi connectivity index (χ2n) is 3.25. The van der Waals surface area contributed by atoms with Crippen LogP contribution in [0.4, 0.5) is 5.69 Å². The van der Waals surface area contributed by atoms with Gasteiger partial charge in [0, 0.05) is 11.4 Å². The molecule has 0 aliphatic rings. The standard InChI is InChI=1S/C10H13N3OS/c1-6(14)7(2)15-10-9(12)8(5-11)3-4-13-10/h3-4,6-7,14H,12H2,1-2H3. The molecule has 1 rings (SSSR count). The van der Waals surface area contributed by atoms with E-state index in [1.54, 1.807) is 19.2 Å². The normalized spacial score (nSPS) is 14.3. The van der Waals surface area contributed by atoms with Gasteiger partial charge in [-0.1, -0.05) is 18.7 Å². The summed E-state index contributed by atoms with van der Waals surface area (Å²) in [5.41, 5.74) is 6.56. The third kappa shape index (κ3) is 2.85. The number of hydrogen-bond acceptors (Lipinski definition) is 5. The van der Waals surface area contributed by atoms with E-state index in [4.69, 9.17) is 11.0 Å². The highest BCUT2D eigenvalue weighted by molar-refractivity contribution is 8.00. The van der Waals surface area contributed by atoms with Crippen LogP contribution < -0.4 is 5.73 Å². The van der Waals surface area contributed by atoms with E-state index < -0.39 is 6.10 Å². The summed E-state index contributed by atoms with van der Waals surface area (Å²) in [6, 6.07) is 3.57. The molecule has 0 spiro atoms. The lowest BCUT2D eigenvalue weighted by Gasteiger charge is -2.14. The number of anilines is 1. The summed E-state index contributed by atoms with van der Waals surface area (Å²) in [5, 5.41) is 18.7. The van der Waals surface area contributed by atoms with E-state index in [2.05, 4.69) is 4.98 Å². The van der Waals surface area contributed by atoms with Crippen molar-refractivity contribution >= 4 is 17.4 Å². The van der Waals surface area contributed by atoms with Crippen molar-refractivity contribution in [3.05, 3.63) is 17.8 Å². The van der Waals surface area contributed by atoms with Crippen molar-refractivity contribution in [3.8, 4) is 6.07 Å².